The molecule has 0 radical (unpaired) electrons. The van der Waals surface area contributed by atoms with Gasteiger partial charge in [0.05, 0.1) is 10.7 Å². The van der Waals surface area contributed by atoms with E-state index in [-0.39, 0.29) is 23.5 Å². The molecule has 1 saturated heterocycles. The second kappa shape index (κ2) is 8.92. The molecule has 0 unspecified atom stereocenters. The molecule has 3 rings (SSSR count). The van der Waals surface area contributed by atoms with Crippen molar-refractivity contribution in [3.05, 3.63) is 58.4 Å². The molecule has 1 N–H and O–H groups in total. The molecule has 154 valence electrons. The van der Waals surface area contributed by atoms with Crippen LogP contribution in [0, 0.1) is 10.1 Å². The molecule has 12 heteroatoms. The van der Waals surface area contributed by atoms with Crippen molar-refractivity contribution in [1.29, 1.82) is 0 Å². The van der Waals surface area contributed by atoms with E-state index in [0.29, 0.717) is 32.1 Å². The second-order valence-corrected chi connectivity index (χ2v) is 8.37. The average molecular weight is 420 g/mol. The van der Waals surface area contributed by atoms with Gasteiger partial charge < -0.3 is 10.2 Å². The smallest absolute Gasteiger partial charge is 0.282 e. The molecule has 0 spiro atoms. The van der Waals surface area contributed by atoms with Gasteiger partial charge in [0.2, 0.25) is 16.0 Å². The van der Waals surface area contributed by atoms with E-state index in [1.54, 1.807) is 18.5 Å². The SMILES string of the molecule is O=C(NCCS(=O)(=O)N1CCN(c2ncccn2)CC1)c1ccccc1[N+](=O)[O-]. The molecule has 1 amide bonds. The molecule has 1 aromatic heterocycles. The third-order valence-corrected chi connectivity index (χ3v) is 6.33. The Kier molecular flexibility index (Phi) is 6.34. The fourth-order valence-corrected chi connectivity index (χ4v) is 4.30. The van der Waals surface area contributed by atoms with Crippen LogP contribution in [0.1, 0.15) is 10.4 Å². The van der Waals surface area contributed by atoms with Crippen LogP contribution < -0.4 is 10.2 Å². The van der Waals surface area contributed by atoms with E-state index in [0.717, 1.165) is 0 Å². The number of hydrogen-bond donors (Lipinski definition) is 1. The molecular weight excluding hydrogens is 400 g/mol. The summed E-state index contributed by atoms with van der Waals surface area (Å²) in [6.45, 7) is 1.37. The number of amides is 1. The minimum absolute atomic E-state index is 0.105. The molecule has 0 aliphatic carbocycles. The van der Waals surface area contributed by atoms with Crippen LogP contribution in [0.4, 0.5) is 11.6 Å². The van der Waals surface area contributed by atoms with Gasteiger partial charge in [0.25, 0.3) is 11.6 Å². The molecule has 2 aromatic rings. The highest BCUT2D eigenvalue weighted by Crippen LogP contribution is 2.17. The lowest BCUT2D eigenvalue weighted by Gasteiger charge is -2.33. The average Bonchev–Trinajstić information content (AvgIpc) is 2.74. The summed E-state index contributed by atoms with van der Waals surface area (Å²) in [4.78, 5) is 32.8. The summed E-state index contributed by atoms with van der Waals surface area (Å²) >= 11 is 0. The number of para-hydroxylation sites is 1. The molecular formula is C17H20N6O5S. The Labute approximate surface area is 167 Å². The normalized spacial score (nSPS) is 15.1. The highest BCUT2D eigenvalue weighted by Gasteiger charge is 2.28. The Hall–Kier alpha value is -3.12. The summed E-state index contributed by atoms with van der Waals surface area (Å²) in [5, 5.41) is 13.4. The Bertz CT molecular complexity index is 977. The Balaban J connectivity index is 1.52. The predicted octanol–water partition coefficient (Wildman–Crippen LogP) is 0.267. The third kappa shape index (κ3) is 5.03. The van der Waals surface area contributed by atoms with Gasteiger partial charge in [-0.2, -0.15) is 4.31 Å². The van der Waals surface area contributed by atoms with Gasteiger partial charge in [-0.15, -0.1) is 0 Å². The van der Waals surface area contributed by atoms with Crippen LogP contribution in [-0.2, 0) is 10.0 Å². The van der Waals surface area contributed by atoms with Crippen LogP contribution in [0.3, 0.4) is 0 Å². The molecule has 11 nitrogen and oxygen atoms in total. The maximum absolute atomic E-state index is 12.5. The fourth-order valence-electron chi connectivity index (χ4n) is 2.96. The molecule has 0 saturated carbocycles. The number of benzene rings is 1. The lowest BCUT2D eigenvalue weighted by atomic mass is 10.1. The highest BCUT2D eigenvalue weighted by atomic mass is 32.2. The van der Waals surface area contributed by atoms with Crippen molar-refractivity contribution in [2.45, 2.75) is 0 Å². The van der Waals surface area contributed by atoms with Crippen LogP contribution in [0.2, 0.25) is 0 Å². The summed E-state index contributed by atoms with van der Waals surface area (Å²) in [6.07, 6.45) is 3.26. The number of anilines is 1. The van der Waals surface area contributed by atoms with Gasteiger partial charge in [-0.25, -0.2) is 18.4 Å². The monoisotopic (exact) mass is 420 g/mol. The predicted molar refractivity (Wildman–Crippen MR) is 105 cm³/mol. The first-order valence-electron chi connectivity index (χ1n) is 8.90. The summed E-state index contributed by atoms with van der Waals surface area (Å²) in [6, 6.07) is 7.23. The van der Waals surface area contributed by atoms with Crippen molar-refractivity contribution in [2.75, 3.05) is 43.4 Å². The zero-order chi connectivity index (χ0) is 20.9. The number of piperazine rings is 1. The Morgan fingerprint density at radius 3 is 2.41 bits per heavy atom. The number of carbonyl (C=O) groups is 1. The largest absolute Gasteiger partial charge is 0.351 e. The molecule has 29 heavy (non-hydrogen) atoms. The molecule has 0 bridgehead atoms. The Morgan fingerprint density at radius 2 is 1.76 bits per heavy atom. The first-order valence-corrected chi connectivity index (χ1v) is 10.5. The maximum Gasteiger partial charge on any atom is 0.282 e. The van der Waals surface area contributed by atoms with E-state index in [2.05, 4.69) is 15.3 Å². The first kappa shape index (κ1) is 20.6. The van der Waals surface area contributed by atoms with Crippen molar-refractivity contribution < 1.29 is 18.1 Å². The zero-order valence-corrected chi connectivity index (χ0v) is 16.3. The lowest BCUT2D eigenvalue weighted by Crippen LogP contribution is -2.50. The number of nitro benzene ring substituents is 1. The van der Waals surface area contributed by atoms with Crippen LogP contribution in [0.5, 0.6) is 0 Å². The van der Waals surface area contributed by atoms with E-state index >= 15 is 0 Å². The van der Waals surface area contributed by atoms with Gasteiger partial charge in [-0.05, 0) is 12.1 Å². The van der Waals surface area contributed by atoms with Crippen molar-refractivity contribution in [1.82, 2.24) is 19.6 Å². The van der Waals surface area contributed by atoms with Crippen molar-refractivity contribution in [3.8, 4) is 0 Å². The van der Waals surface area contributed by atoms with E-state index in [1.807, 2.05) is 4.90 Å². The summed E-state index contributed by atoms with van der Waals surface area (Å²) in [7, 11) is -3.58. The minimum atomic E-state index is -3.58. The topological polar surface area (TPSA) is 139 Å². The van der Waals surface area contributed by atoms with E-state index in [1.165, 1.54) is 28.6 Å². The van der Waals surface area contributed by atoms with Gasteiger partial charge in [-0.1, -0.05) is 12.1 Å². The van der Waals surface area contributed by atoms with Crippen molar-refractivity contribution in [2.24, 2.45) is 0 Å². The maximum atomic E-state index is 12.5. The van der Waals surface area contributed by atoms with Gasteiger partial charge in [0.1, 0.15) is 5.56 Å². The van der Waals surface area contributed by atoms with Gasteiger partial charge in [-0.3, -0.25) is 14.9 Å². The second-order valence-electron chi connectivity index (χ2n) is 6.28. The number of nitrogens with one attached hydrogen (secondary N) is 1. The number of hydrogen-bond acceptors (Lipinski definition) is 8. The van der Waals surface area contributed by atoms with E-state index in [9.17, 15) is 23.3 Å². The van der Waals surface area contributed by atoms with Crippen molar-refractivity contribution in [3.63, 3.8) is 0 Å². The summed E-state index contributed by atoms with van der Waals surface area (Å²) < 4.78 is 26.4. The molecule has 2 heterocycles. The third-order valence-electron chi connectivity index (χ3n) is 4.46. The highest BCUT2D eigenvalue weighted by molar-refractivity contribution is 7.89. The Morgan fingerprint density at radius 1 is 1.10 bits per heavy atom. The van der Waals surface area contributed by atoms with Gasteiger partial charge in [0.15, 0.2) is 0 Å². The fraction of sp³-hybridized carbons (Fsp3) is 0.353. The van der Waals surface area contributed by atoms with Crippen molar-refractivity contribution >= 4 is 27.6 Å². The number of carbonyl (C=O) groups excluding carboxylic acids is 1. The quantitative estimate of drug-likeness (QED) is 0.497. The number of sulfonamides is 1. The number of nitrogens with zero attached hydrogens (tertiary/aromatic N) is 5. The van der Waals surface area contributed by atoms with Crippen LogP contribution >= 0.6 is 0 Å². The zero-order valence-electron chi connectivity index (χ0n) is 15.5. The number of aromatic nitrogens is 2. The van der Waals surface area contributed by atoms with Gasteiger partial charge in [0, 0.05) is 51.2 Å². The number of nitro groups is 1. The molecule has 1 aromatic carbocycles. The summed E-state index contributed by atoms with van der Waals surface area (Å²) in [5.74, 6) is -0.416. The minimum Gasteiger partial charge on any atom is -0.351 e. The lowest BCUT2D eigenvalue weighted by molar-refractivity contribution is -0.385. The van der Waals surface area contributed by atoms with Gasteiger partial charge >= 0.3 is 0 Å². The molecule has 1 aliphatic heterocycles. The van der Waals surface area contributed by atoms with E-state index < -0.39 is 20.9 Å². The van der Waals surface area contributed by atoms with E-state index in [4.69, 9.17) is 0 Å². The van der Waals surface area contributed by atoms with Crippen LogP contribution in [-0.4, -0.2) is 72.0 Å². The standard InChI is InChI=1S/C17H20N6O5S/c24-16(14-4-1-2-5-15(14)23(25)26)18-8-13-29(27,28)22-11-9-21(10-12-22)17-19-6-3-7-20-17/h1-7H,8-13H2,(H,18,24). The van der Waals surface area contributed by atoms with Crippen LogP contribution in [0.25, 0.3) is 0 Å². The molecule has 1 aliphatic rings. The first-order chi connectivity index (χ1) is 13.9. The molecule has 1 fully saturated rings. The van der Waals surface area contributed by atoms with Crippen LogP contribution in [0.15, 0.2) is 42.7 Å². The molecule has 0 atom stereocenters. The number of rotatable bonds is 7. The summed E-state index contributed by atoms with van der Waals surface area (Å²) in [5.41, 5.74) is -0.432.